The first-order valence-electron chi connectivity index (χ1n) is 5.66. The van der Waals surface area contributed by atoms with Crippen LogP contribution in [0.25, 0.3) is 0 Å². The number of anilines is 1. The molecule has 0 aliphatic carbocycles. The predicted molar refractivity (Wildman–Crippen MR) is 70.3 cm³/mol. The Morgan fingerprint density at radius 1 is 1.21 bits per heavy atom. The lowest BCUT2D eigenvalue weighted by atomic mass is 10.1. The fourth-order valence-corrected chi connectivity index (χ4v) is 1.79. The van der Waals surface area contributed by atoms with E-state index in [-0.39, 0.29) is 11.5 Å². The molecule has 0 saturated carbocycles. The summed E-state index contributed by atoms with van der Waals surface area (Å²) in [5.41, 5.74) is 1.14. The number of benzene rings is 2. The van der Waals surface area contributed by atoms with Gasteiger partial charge < -0.3 is 4.90 Å². The highest BCUT2D eigenvalue weighted by Gasteiger charge is 2.16. The zero-order valence-electron chi connectivity index (χ0n) is 10.3. The third kappa shape index (κ3) is 2.61. The summed E-state index contributed by atoms with van der Waals surface area (Å²) in [7, 11) is 1.56. The molecule has 3 nitrogen and oxygen atoms in total. The molecule has 0 aliphatic heterocycles. The minimum Gasteiger partial charge on any atom is -0.310 e. The van der Waals surface area contributed by atoms with Gasteiger partial charge in [-0.25, -0.2) is 4.39 Å². The van der Waals surface area contributed by atoms with Crippen molar-refractivity contribution >= 4 is 11.6 Å². The Labute approximate surface area is 110 Å². The van der Waals surface area contributed by atoms with Gasteiger partial charge in [0.25, 0.3) is 5.91 Å². The Morgan fingerprint density at radius 2 is 1.95 bits per heavy atom. The summed E-state index contributed by atoms with van der Waals surface area (Å²) in [6.45, 7) is 0. The van der Waals surface area contributed by atoms with Crippen molar-refractivity contribution in [1.82, 2.24) is 0 Å². The molecule has 0 atom stereocenters. The molecule has 1 amide bonds. The van der Waals surface area contributed by atoms with Crippen LogP contribution in [0.3, 0.4) is 0 Å². The van der Waals surface area contributed by atoms with E-state index in [1.807, 2.05) is 6.07 Å². The molecule has 0 aromatic heterocycles. The predicted octanol–water partition coefficient (Wildman–Crippen LogP) is 2.97. The quantitative estimate of drug-likeness (QED) is 0.827. The molecule has 0 saturated heterocycles. The first-order valence-corrected chi connectivity index (χ1v) is 5.66. The molecule has 2 rings (SSSR count). The van der Waals surface area contributed by atoms with Crippen LogP contribution < -0.4 is 4.90 Å². The van der Waals surface area contributed by atoms with Crippen molar-refractivity contribution < 1.29 is 9.18 Å². The van der Waals surface area contributed by atoms with Crippen LogP contribution in [-0.2, 0) is 0 Å². The van der Waals surface area contributed by atoms with E-state index in [4.69, 9.17) is 5.26 Å². The van der Waals surface area contributed by atoms with Crippen LogP contribution in [0, 0.1) is 17.1 Å². The van der Waals surface area contributed by atoms with E-state index in [1.54, 1.807) is 31.3 Å². The molecule has 4 heteroatoms. The maximum absolute atomic E-state index is 13.1. The second-order valence-corrected chi connectivity index (χ2v) is 4.00. The molecule has 2 aromatic carbocycles. The number of carbonyl (C=O) groups is 1. The van der Waals surface area contributed by atoms with Gasteiger partial charge in [-0.2, -0.15) is 5.26 Å². The van der Waals surface area contributed by atoms with E-state index in [0.717, 1.165) is 0 Å². The number of hydrogen-bond donors (Lipinski definition) is 0. The molecule has 0 bridgehead atoms. The number of amides is 1. The van der Waals surface area contributed by atoms with Crippen molar-refractivity contribution in [3.8, 4) is 6.07 Å². The van der Waals surface area contributed by atoms with Crippen LogP contribution in [-0.4, -0.2) is 13.0 Å². The number of para-hydroxylation sites is 1. The summed E-state index contributed by atoms with van der Waals surface area (Å²) in [5.74, 6) is -0.824. The van der Waals surface area contributed by atoms with Gasteiger partial charge in [-0.05, 0) is 30.3 Å². The van der Waals surface area contributed by atoms with Crippen molar-refractivity contribution in [3.63, 3.8) is 0 Å². The van der Waals surface area contributed by atoms with Gasteiger partial charge >= 0.3 is 0 Å². The monoisotopic (exact) mass is 254 g/mol. The van der Waals surface area contributed by atoms with Crippen molar-refractivity contribution in [2.45, 2.75) is 0 Å². The van der Waals surface area contributed by atoms with Gasteiger partial charge in [-0.15, -0.1) is 0 Å². The van der Waals surface area contributed by atoms with Crippen LogP contribution in [0.4, 0.5) is 10.1 Å². The molecule has 0 N–H and O–H groups in total. The molecule has 0 unspecified atom stereocenters. The van der Waals surface area contributed by atoms with Gasteiger partial charge in [0.2, 0.25) is 0 Å². The van der Waals surface area contributed by atoms with Crippen LogP contribution >= 0.6 is 0 Å². The Morgan fingerprint density at radius 3 is 2.63 bits per heavy atom. The Balaban J connectivity index is 2.37. The topological polar surface area (TPSA) is 44.1 Å². The minimum absolute atomic E-state index is 0.246. The first kappa shape index (κ1) is 12.8. The van der Waals surface area contributed by atoms with Gasteiger partial charge in [0.1, 0.15) is 11.9 Å². The van der Waals surface area contributed by atoms with Gasteiger partial charge in [0, 0.05) is 12.6 Å². The Bertz CT molecular complexity index is 661. The summed E-state index contributed by atoms with van der Waals surface area (Å²) >= 11 is 0. The van der Waals surface area contributed by atoms with E-state index in [9.17, 15) is 9.18 Å². The van der Waals surface area contributed by atoms with Crippen molar-refractivity contribution in [3.05, 3.63) is 65.5 Å². The summed E-state index contributed by atoms with van der Waals surface area (Å²) in [6.07, 6.45) is 0. The van der Waals surface area contributed by atoms with Gasteiger partial charge in [0.05, 0.1) is 11.3 Å². The van der Waals surface area contributed by atoms with Crippen LogP contribution in [0.2, 0.25) is 0 Å². The average Bonchev–Trinajstić information content (AvgIpc) is 2.45. The van der Waals surface area contributed by atoms with E-state index >= 15 is 0 Å². The molecule has 0 radical (unpaired) electrons. The number of halogens is 1. The summed E-state index contributed by atoms with van der Waals surface area (Å²) in [4.78, 5) is 13.6. The highest BCUT2D eigenvalue weighted by Crippen LogP contribution is 2.20. The van der Waals surface area contributed by atoms with Crippen molar-refractivity contribution in [1.29, 1.82) is 5.26 Å². The summed E-state index contributed by atoms with van der Waals surface area (Å²) < 4.78 is 13.1. The lowest BCUT2D eigenvalue weighted by Crippen LogP contribution is -2.27. The van der Waals surface area contributed by atoms with Crippen molar-refractivity contribution in [2.24, 2.45) is 0 Å². The smallest absolute Gasteiger partial charge is 0.258 e. The zero-order valence-corrected chi connectivity index (χ0v) is 10.3. The number of hydrogen-bond acceptors (Lipinski definition) is 2. The Hall–Kier alpha value is -2.67. The molecule has 0 fully saturated rings. The van der Waals surface area contributed by atoms with Gasteiger partial charge in [-0.3, -0.25) is 4.79 Å². The van der Waals surface area contributed by atoms with Crippen LogP contribution in [0.1, 0.15) is 15.9 Å². The van der Waals surface area contributed by atoms with E-state index in [0.29, 0.717) is 11.3 Å². The number of rotatable bonds is 2. The molecular formula is C15H11FN2O. The molecule has 0 aliphatic rings. The van der Waals surface area contributed by atoms with Crippen LogP contribution in [0.15, 0.2) is 48.5 Å². The zero-order chi connectivity index (χ0) is 13.8. The second-order valence-electron chi connectivity index (χ2n) is 4.00. The SMILES string of the molecule is CN(C(=O)c1cccc(F)c1)c1ccccc1C#N. The number of carbonyl (C=O) groups excluding carboxylic acids is 1. The lowest BCUT2D eigenvalue weighted by molar-refractivity contribution is 0.0992. The largest absolute Gasteiger partial charge is 0.310 e. The fraction of sp³-hybridized carbons (Fsp3) is 0.0667. The summed E-state index contributed by atoms with van der Waals surface area (Å²) in [5, 5.41) is 9.02. The fourth-order valence-electron chi connectivity index (χ4n) is 1.79. The van der Waals surface area contributed by atoms with Crippen LogP contribution in [0.5, 0.6) is 0 Å². The lowest BCUT2D eigenvalue weighted by Gasteiger charge is -2.18. The summed E-state index contributed by atoms with van der Waals surface area (Å²) in [6, 6.07) is 14.3. The number of nitriles is 1. The molecule has 0 spiro atoms. The molecule has 2 aromatic rings. The van der Waals surface area contributed by atoms with Crippen molar-refractivity contribution in [2.75, 3.05) is 11.9 Å². The number of nitrogens with zero attached hydrogens (tertiary/aromatic N) is 2. The third-order valence-corrected chi connectivity index (χ3v) is 2.76. The maximum atomic E-state index is 13.1. The molecule has 94 valence electrons. The van der Waals surface area contributed by atoms with E-state index in [1.165, 1.54) is 29.2 Å². The normalized spacial score (nSPS) is 9.74. The average molecular weight is 254 g/mol. The third-order valence-electron chi connectivity index (χ3n) is 2.76. The van der Waals surface area contributed by atoms with E-state index in [2.05, 4.69) is 0 Å². The minimum atomic E-state index is -0.465. The second kappa shape index (κ2) is 5.32. The molecular weight excluding hydrogens is 243 g/mol. The van der Waals surface area contributed by atoms with E-state index < -0.39 is 5.82 Å². The first-order chi connectivity index (χ1) is 9.13. The highest BCUT2D eigenvalue weighted by atomic mass is 19.1. The molecule has 19 heavy (non-hydrogen) atoms. The maximum Gasteiger partial charge on any atom is 0.258 e. The molecule has 0 heterocycles. The highest BCUT2D eigenvalue weighted by molar-refractivity contribution is 6.06. The van der Waals surface area contributed by atoms with Gasteiger partial charge in [-0.1, -0.05) is 18.2 Å². The standard InChI is InChI=1S/C15H11FN2O/c1-18(14-8-3-2-5-12(14)10-17)15(19)11-6-4-7-13(16)9-11/h2-9H,1H3. The van der Waals surface area contributed by atoms with Gasteiger partial charge in [0.15, 0.2) is 0 Å². The Kier molecular flexibility index (Phi) is 3.58.